The van der Waals surface area contributed by atoms with Gasteiger partial charge in [-0.2, -0.15) is 13.2 Å². The molecule has 0 aromatic heterocycles. The molecule has 0 saturated carbocycles. The van der Waals surface area contributed by atoms with Crippen LogP contribution in [0.25, 0.3) is 0 Å². The first-order valence-corrected chi connectivity index (χ1v) is 4.90. The van der Waals surface area contributed by atoms with Crippen molar-refractivity contribution in [1.82, 2.24) is 0 Å². The van der Waals surface area contributed by atoms with Gasteiger partial charge in [-0.05, 0) is 18.6 Å². The highest BCUT2D eigenvalue weighted by Gasteiger charge is 2.42. The van der Waals surface area contributed by atoms with Gasteiger partial charge >= 0.3 is 12.1 Å². The van der Waals surface area contributed by atoms with Crippen molar-refractivity contribution >= 4 is 11.6 Å². The highest BCUT2D eigenvalue weighted by atomic mass is 19.4. The third-order valence-electron chi connectivity index (χ3n) is 2.00. The number of alkyl halides is 3. The average molecular weight is 231 g/mol. The highest BCUT2D eigenvalue weighted by Crippen LogP contribution is 2.23. The smallest absolute Gasteiger partial charge is 0.305 e. The maximum atomic E-state index is 12.3. The first-order valence-electron chi connectivity index (χ1n) is 4.90. The Morgan fingerprint density at radius 2 is 1.81 bits per heavy atom. The maximum absolute atomic E-state index is 12.3. The lowest BCUT2D eigenvalue weighted by Crippen LogP contribution is -2.41. The van der Waals surface area contributed by atoms with E-state index in [1.54, 1.807) is 25.1 Å². The number of halogens is 3. The van der Waals surface area contributed by atoms with E-state index in [4.69, 9.17) is 0 Å². The van der Waals surface area contributed by atoms with Crippen LogP contribution in [0.15, 0.2) is 30.3 Å². The Bertz CT molecular complexity index is 348. The van der Waals surface area contributed by atoms with Crippen LogP contribution in [0.2, 0.25) is 0 Å². The number of anilines is 1. The van der Waals surface area contributed by atoms with Crippen LogP contribution < -0.4 is 4.90 Å². The van der Waals surface area contributed by atoms with Crippen molar-refractivity contribution in [3.05, 3.63) is 30.3 Å². The summed E-state index contributed by atoms with van der Waals surface area (Å²) in [6, 6.07) is 7.85. The molecule has 1 aromatic rings. The fraction of sp³-hybridized carbons (Fsp3) is 0.364. The van der Waals surface area contributed by atoms with E-state index in [1.165, 1.54) is 12.1 Å². The van der Waals surface area contributed by atoms with E-state index in [9.17, 15) is 18.0 Å². The number of hydrogen-bond acceptors (Lipinski definition) is 1. The summed E-state index contributed by atoms with van der Waals surface area (Å²) >= 11 is 0. The lowest BCUT2D eigenvalue weighted by molar-refractivity contribution is -0.170. The van der Waals surface area contributed by atoms with Gasteiger partial charge in [0.1, 0.15) is 0 Å². The zero-order chi connectivity index (χ0) is 12.2. The molecule has 1 amide bonds. The molecule has 16 heavy (non-hydrogen) atoms. The second-order valence-electron chi connectivity index (χ2n) is 3.29. The second-order valence-corrected chi connectivity index (χ2v) is 3.29. The number of hydrogen-bond donors (Lipinski definition) is 0. The number of carbonyl (C=O) groups is 1. The molecule has 0 atom stereocenters. The van der Waals surface area contributed by atoms with Crippen LogP contribution in [0.5, 0.6) is 0 Å². The monoisotopic (exact) mass is 231 g/mol. The minimum atomic E-state index is -4.83. The molecule has 2 nitrogen and oxygen atoms in total. The van der Waals surface area contributed by atoms with Crippen LogP contribution in [0.4, 0.5) is 18.9 Å². The highest BCUT2D eigenvalue weighted by molar-refractivity contribution is 5.97. The topological polar surface area (TPSA) is 20.3 Å². The summed E-state index contributed by atoms with van der Waals surface area (Å²) in [7, 11) is 0. The fourth-order valence-corrected chi connectivity index (χ4v) is 1.33. The third-order valence-corrected chi connectivity index (χ3v) is 2.00. The molecule has 88 valence electrons. The Balaban J connectivity index is 2.97. The van der Waals surface area contributed by atoms with Crippen LogP contribution in [0, 0.1) is 0 Å². The van der Waals surface area contributed by atoms with E-state index >= 15 is 0 Å². The van der Waals surface area contributed by atoms with E-state index in [2.05, 4.69) is 0 Å². The molecule has 0 aliphatic rings. The number of carbonyl (C=O) groups excluding carboxylic acids is 1. The molecular formula is C11H12F3NO. The van der Waals surface area contributed by atoms with Gasteiger partial charge in [0, 0.05) is 12.2 Å². The number of para-hydroxylation sites is 1. The summed E-state index contributed by atoms with van der Waals surface area (Å²) in [6.07, 6.45) is -4.36. The summed E-state index contributed by atoms with van der Waals surface area (Å²) in [6.45, 7) is 1.78. The summed E-state index contributed by atoms with van der Waals surface area (Å²) in [4.78, 5) is 11.9. The van der Waals surface area contributed by atoms with Gasteiger partial charge < -0.3 is 4.90 Å². The lowest BCUT2D eigenvalue weighted by Gasteiger charge is -2.23. The van der Waals surface area contributed by atoms with E-state index in [0.29, 0.717) is 6.42 Å². The normalized spacial score (nSPS) is 11.2. The molecular weight excluding hydrogens is 219 g/mol. The molecule has 1 aromatic carbocycles. The zero-order valence-electron chi connectivity index (χ0n) is 8.79. The largest absolute Gasteiger partial charge is 0.471 e. The van der Waals surface area contributed by atoms with Crippen molar-refractivity contribution in [1.29, 1.82) is 0 Å². The van der Waals surface area contributed by atoms with Crippen molar-refractivity contribution in [3.63, 3.8) is 0 Å². The van der Waals surface area contributed by atoms with Crippen molar-refractivity contribution < 1.29 is 18.0 Å². The average Bonchev–Trinajstić information content (AvgIpc) is 2.25. The van der Waals surface area contributed by atoms with Gasteiger partial charge in [0.25, 0.3) is 0 Å². The first kappa shape index (κ1) is 12.5. The molecule has 0 spiro atoms. The predicted octanol–water partition coefficient (Wildman–Crippen LogP) is 2.99. The van der Waals surface area contributed by atoms with Crippen molar-refractivity contribution in [2.45, 2.75) is 19.5 Å². The number of rotatable bonds is 3. The van der Waals surface area contributed by atoms with Crippen LogP contribution in [-0.2, 0) is 4.79 Å². The zero-order valence-corrected chi connectivity index (χ0v) is 8.79. The molecule has 5 heteroatoms. The molecule has 0 heterocycles. The third kappa shape index (κ3) is 2.98. The Morgan fingerprint density at radius 3 is 2.25 bits per heavy atom. The first-order chi connectivity index (χ1) is 7.46. The molecule has 1 rings (SSSR count). The number of nitrogens with zero attached hydrogens (tertiary/aromatic N) is 1. The van der Waals surface area contributed by atoms with E-state index < -0.39 is 12.1 Å². The van der Waals surface area contributed by atoms with Crippen LogP contribution in [0.3, 0.4) is 0 Å². The molecule has 0 N–H and O–H groups in total. The molecule has 0 unspecified atom stereocenters. The van der Waals surface area contributed by atoms with Gasteiger partial charge in [0.15, 0.2) is 0 Å². The fourth-order valence-electron chi connectivity index (χ4n) is 1.33. The minimum absolute atomic E-state index is 0.0579. The van der Waals surface area contributed by atoms with Crippen LogP contribution in [0.1, 0.15) is 13.3 Å². The van der Waals surface area contributed by atoms with E-state index in [0.717, 1.165) is 4.90 Å². The van der Waals surface area contributed by atoms with Gasteiger partial charge in [0.2, 0.25) is 0 Å². The van der Waals surface area contributed by atoms with Gasteiger partial charge in [-0.25, -0.2) is 0 Å². The lowest BCUT2D eigenvalue weighted by atomic mass is 10.2. The van der Waals surface area contributed by atoms with Crippen LogP contribution >= 0.6 is 0 Å². The molecule has 0 bridgehead atoms. The van der Waals surface area contributed by atoms with Crippen molar-refractivity contribution in [2.75, 3.05) is 11.4 Å². The minimum Gasteiger partial charge on any atom is -0.305 e. The SMILES string of the molecule is CCCN(C(=O)C(F)(F)F)c1ccccc1. The Labute approximate surface area is 91.7 Å². The summed E-state index contributed by atoms with van der Waals surface area (Å²) in [5, 5.41) is 0. The van der Waals surface area contributed by atoms with Crippen molar-refractivity contribution in [3.8, 4) is 0 Å². The molecule has 0 aliphatic heterocycles. The summed E-state index contributed by atoms with van der Waals surface area (Å²) in [5.74, 6) is -1.82. The van der Waals surface area contributed by atoms with Gasteiger partial charge in [0.05, 0.1) is 0 Å². The number of amides is 1. The summed E-state index contributed by atoms with van der Waals surface area (Å²) < 4.78 is 37.0. The number of benzene rings is 1. The summed E-state index contributed by atoms with van der Waals surface area (Å²) in [5.41, 5.74) is 0.270. The van der Waals surface area contributed by atoms with Gasteiger partial charge in [-0.1, -0.05) is 25.1 Å². The van der Waals surface area contributed by atoms with Gasteiger partial charge in [-0.3, -0.25) is 4.79 Å². The van der Waals surface area contributed by atoms with Crippen molar-refractivity contribution in [2.24, 2.45) is 0 Å². The Morgan fingerprint density at radius 1 is 1.25 bits per heavy atom. The van der Waals surface area contributed by atoms with E-state index in [-0.39, 0.29) is 12.2 Å². The predicted molar refractivity (Wildman–Crippen MR) is 55.1 cm³/mol. The Hall–Kier alpha value is -1.52. The quantitative estimate of drug-likeness (QED) is 0.783. The van der Waals surface area contributed by atoms with Crippen LogP contribution in [-0.4, -0.2) is 18.6 Å². The van der Waals surface area contributed by atoms with Gasteiger partial charge in [-0.15, -0.1) is 0 Å². The van der Waals surface area contributed by atoms with E-state index in [1.807, 2.05) is 0 Å². The maximum Gasteiger partial charge on any atom is 0.471 e. The standard InChI is InChI=1S/C11H12F3NO/c1-2-8-15(10(16)11(12,13)14)9-6-4-3-5-7-9/h3-7H,2,8H2,1H3. The molecule has 0 aliphatic carbocycles. The second kappa shape index (κ2) is 5.01. The molecule has 0 fully saturated rings. The Kier molecular flexibility index (Phi) is 3.93. The molecule has 0 saturated heterocycles. The molecule has 0 radical (unpaired) electrons.